The first-order valence-corrected chi connectivity index (χ1v) is 8.37. The van der Waals surface area contributed by atoms with Crippen molar-refractivity contribution in [2.45, 2.75) is 32.6 Å². The van der Waals surface area contributed by atoms with Crippen molar-refractivity contribution in [1.82, 2.24) is 0 Å². The fourth-order valence-electron chi connectivity index (χ4n) is 4.29. The Morgan fingerprint density at radius 2 is 1.50 bits per heavy atom. The third-order valence-electron chi connectivity index (χ3n) is 5.26. The second kappa shape index (κ2) is 6.63. The standard InChI is InChI=1S/C18H22N2O4/c1-10(21)19-13-3-2-4-14(9-13)20-17(22)15-11-5-7-12(8-6-11)16(15)18(23)24/h2-4,9,11-12,15-16H,5-8H2,1H3,(H,19,21)(H,20,22)(H,23,24). The van der Waals surface area contributed by atoms with Crippen LogP contribution in [-0.4, -0.2) is 22.9 Å². The van der Waals surface area contributed by atoms with Crippen LogP contribution in [0.1, 0.15) is 32.6 Å². The van der Waals surface area contributed by atoms with Crippen LogP contribution in [0.15, 0.2) is 24.3 Å². The Kier molecular flexibility index (Phi) is 4.55. The zero-order chi connectivity index (χ0) is 17.3. The molecule has 0 heterocycles. The van der Waals surface area contributed by atoms with E-state index in [1.54, 1.807) is 24.3 Å². The van der Waals surface area contributed by atoms with Gasteiger partial charge in [0.1, 0.15) is 0 Å². The second-order valence-corrected chi connectivity index (χ2v) is 6.82. The summed E-state index contributed by atoms with van der Waals surface area (Å²) in [6, 6.07) is 6.89. The number of aliphatic carboxylic acids is 1. The average Bonchev–Trinajstić information content (AvgIpc) is 2.54. The number of nitrogens with one attached hydrogen (secondary N) is 2. The van der Waals surface area contributed by atoms with Gasteiger partial charge >= 0.3 is 5.97 Å². The third-order valence-corrected chi connectivity index (χ3v) is 5.26. The summed E-state index contributed by atoms with van der Waals surface area (Å²) in [5.41, 5.74) is 1.16. The first kappa shape index (κ1) is 16.5. The molecule has 0 saturated heterocycles. The summed E-state index contributed by atoms with van der Waals surface area (Å²) < 4.78 is 0. The largest absolute Gasteiger partial charge is 0.481 e. The summed E-state index contributed by atoms with van der Waals surface area (Å²) in [5, 5.41) is 15.1. The van der Waals surface area contributed by atoms with Crippen LogP contribution in [0.4, 0.5) is 11.4 Å². The van der Waals surface area contributed by atoms with E-state index in [0.29, 0.717) is 11.4 Å². The van der Waals surface area contributed by atoms with Gasteiger partial charge in [0.15, 0.2) is 0 Å². The Morgan fingerprint density at radius 1 is 0.958 bits per heavy atom. The molecule has 6 nitrogen and oxygen atoms in total. The van der Waals surface area contributed by atoms with Crippen LogP contribution >= 0.6 is 0 Å². The summed E-state index contributed by atoms with van der Waals surface area (Å²) in [4.78, 5) is 35.5. The van der Waals surface area contributed by atoms with Gasteiger partial charge in [0.05, 0.1) is 11.8 Å². The predicted molar refractivity (Wildman–Crippen MR) is 89.4 cm³/mol. The van der Waals surface area contributed by atoms with Gasteiger partial charge in [0, 0.05) is 18.3 Å². The van der Waals surface area contributed by atoms with E-state index in [-0.39, 0.29) is 23.7 Å². The highest BCUT2D eigenvalue weighted by Gasteiger charge is 2.50. The van der Waals surface area contributed by atoms with Gasteiger partial charge in [-0.1, -0.05) is 6.07 Å². The van der Waals surface area contributed by atoms with Crippen LogP contribution in [-0.2, 0) is 14.4 Å². The van der Waals surface area contributed by atoms with E-state index in [0.717, 1.165) is 25.7 Å². The Hall–Kier alpha value is -2.37. The monoisotopic (exact) mass is 330 g/mol. The molecule has 0 spiro atoms. The number of hydrogen-bond acceptors (Lipinski definition) is 3. The third kappa shape index (κ3) is 3.27. The van der Waals surface area contributed by atoms with E-state index >= 15 is 0 Å². The zero-order valence-electron chi connectivity index (χ0n) is 13.6. The normalized spacial score (nSPS) is 28.2. The van der Waals surface area contributed by atoms with Crippen LogP contribution in [0.25, 0.3) is 0 Å². The Morgan fingerprint density at radius 3 is 2.04 bits per heavy atom. The molecule has 0 aromatic heterocycles. The topological polar surface area (TPSA) is 95.5 Å². The molecular formula is C18H22N2O4. The Balaban J connectivity index is 1.76. The number of carbonyl (C=O) groups excluding carboxylic acids is 2. The molecule has 2 atom stereocenters. The van der Waals surface area contributed by atoms with E-state index in [9.17, 15) is 19.5 Å². The summed E-state index contributed by atoms with van der Waals surface area (Å²) >= 11 is 0. The van der Waals surface area contributed by atoms with Gasteiger partial charge in [-0.05, 0) is 55.7 Å². The van der Waals surface area contributed by atoms with Gasteiger partial charge in [-0.3, -0.25) is 14.4 Å². The van der Waals surface area contributed by atoms with Gasteiger partial charge in [0.25, 0.3) is 0 Å². The summed E-state index contributed by atoms with van der Waals surface area (Å²) in [7, 11) is 0. The molecule has 24 heavy (non-hydrogen) atoms. The highest BCUT2D eigenvalue weighted by molar-refractivity contribution is 5.96. The molecule has 4 rings (SSSR count). The lowest BCUT2D eigenvalue weighted by Gasteiger charge is -2.45. The number of carboxylic acids is 1. The molecule has 3 fully saturated rings. The molecule has 0 aliphatic heterocycles. The van der Waals surface area contributed by atoms with Gasteiger partial charge in [0.2, 0.25) is 11.8 Å². The molecule has 3 N–H and O–H groups in total. The molecule has 1 aromatic rings. The second-order valence-electron chi connectivity index (χ2n) is 6.82. The number of amides is 2. The minimum atomic E-state index is -0.864. The minimum Gasteiger partial charge on any atom is -0.481 e. The molecule has 3 aliphatic carbocycles. The number of carboxylic acid groups (broad SMARTS) is 1. The summed E-state index contributed by atoms with van der Waals surface area (Å²) in [5.74, 6) is -2.08. The molecule has 2 unspecified atom stereocenters. The van der Waals surface area contributed by atoms with E-state index in [1.807, 2.05) is 0 Å². The maximum atomic E-state index is 12.7. The quantitative estimate of drug-likeness (QED) is 0.791. The minimum absolute atomic E-state index is 0.106. The van der Waals surface area contributed by atoms with Crippen molar-refractivity contribution in [2.75, 3.05) is 10.6 Å². The zero-order valence-corrected chi connectivity index (χ0v) is 13.6. The molecule has 2 amide bonds. The van der Waals surface area contributed by atoms with E-state index < -0.39 is 17.8 Å². The summed E-state index contributed by atoms with van der Waals surface area (Å²) in [6.07, 6.45) is 3.67. The molecular weight excluding hydrogens is 308 g/mol. The van der Waals surface area contributed by atoms with Crippen LogP contribution in [0.5, 0.6) is 0 Å². The first-order valence-electron chi connectivity index (χ1n) is 8.37. The number of hydrogen-bond donors (Lipinski definition) is 3. The maximum Gasteiger partial charge on any atom is 0.307 e. The van der Waals surface area contributed by atoms with Crippen LogP contribution < -0.4 is 10.6 Å². The van der Waals surface area contributed by atoms with E-state index in [2.05, 4.69) is 10.6 Å². The number of rotatable bonds is 4. The molecule has 128 valence electrons. The van der Waals surface area contributed by atoms with Crippen molar-refractivity contribution in [3.63, 3.8) is 0 Å². The Labute approximate surface area is 140 Å². The lowest BCUT2D eigenvalue weighted by Crippen LogP contribution is -2.49. The molecule has 1 aromatic carbocycles. The van der Waals surface area contributed by atoms with Crippen LogP contribution in [0.3, 0.4) is 0 Å². The number of carbonyl (C=O) groups is 3. The van der Waals surface area contributed by atoms with Gasteiger partial charge in [-0.2, -0.15) is 0 Å². The van der Waals surface area contributed by atoms with Crippen LogP contribution in [0.2, 0.25) is 0 Å². The molecule has 0 radical (unpaired) electrons. The fourth-order valence-corrected chi connectivity index (χ4v) is 4.29. The highest BCUT2D eigenvalue weighted by Crippen LogP contribution is 2.49. The van der Waals surface area contributed by atoms with Crippen molar-refractivity contribution in [3.8, 4) is 0 Å². The van der Waals surface area contributed by atoms with Crippen molar-refractivity contribution < 1.29 is 19.5 Å². The number of anilines is 2. The average molecular weight is 330 g/mol. The van der Waals surface area contributed by atoms with Crippen molar-refractivity contribution in [2.24, 2.45) is 23.7 Å². The van der Waals surface area contributed by atoms with Crippen molar-refractivity contribution >= 4 is 29.2 Å². The predicted octanol–water partition coefficient (Wildman–Crippen LogP) is 2.72. The Bertz CT molecular complexity index is 665. The lowest BCUT2D eigenvalue weighted by molar-refractivity contribution is -0.156. The number of fused-ring (bicyclic) bond motifs is 3. The highest BCUT2D eigenvalue weighted by atomic mass is 16.4. The van der Waals surface area contributed by atoms with Crippen molar-refractivity contribution in [1.29, 1.82) is 0 Å². The van der Waals surface area contributed by atoms with E-state index in [1.165, 1.54) is 6.92 Å². The molecule has 3 saturated carbocycles. The summed E-state index contributed by atoms with van der Waals surface area (Å²) in [6.45, 7) is 1.42. The molecule has 6 heteroatoms. The van der Waals surface area contributed by atoms with Gasteiger partial charge in [-0.15, -0.1) is 0 Å². The fraction of sp³-hybridized carbons (Fsp3) is 0.500. The molecule has 2 bridgehead atoms. The van der Waals surface area contributed by atoms with Gasteiger partial charge < -0.3 is 15.7 Å². The first-order chi connectivity index (χ1) is 11.5. The number of benzene rings is 1. The SMILES string of the molecule is CC(=O)Nc1cccc(NC(=O)C2C3CCC(CC3)C2C(=O)O)c1. The lowest BCUT2D eigenvalue weighted by atomic mass is 9.58. The van der Waals surface area contributed by atoms with Crippen molar-refractivity contribution in [3.05, 3.63) is 24.3 Å². The van der Waals surface area contributed by atoms with E-state index in [4.69, 9.17) is 0 Å². The maximum absolute atomic E-state index is 12.7. The molecule has 3 aliphatic rings. The smallest absolute Gasteiger partial charge is 0.307 e. The van der Waals surface area contributed by atoms with Crippen LogP contribution in [0, 0.1) is 23.7 Å². The van der Waals surface area contributed by atoms with Gasteiger partial charge in [-0.25, -0.2) is 0 Å².